The molecule has 1 saturated heterocycles. The lowest BCUT2D eigenvalue weighted by Crippen LogP contribution is -2.43. The van der Waals surface area contributed by atoms with Crippen LogP contribution in [-0.2, 0) is 20.6 Å². The molecule has 4 rings (SSSR count). The number of carbonyl (C=O) groups is 3. The van der Waals surface area contributed by atoms with E-state index < -0.39 is 23.5 Å². The largest absolute Gasteiger partial charge is 0.481 e. The molecule has 6 nitrogen and oxygen atoms in total. The van der Waals surface area contributed by atoms with Crippen LogP contribution in [0.4, 0.5) is 17.6 Å². The number of thiocarbonyl (C=S) groups is 1. The molecule has 0 radical (unpaired) electrons. The molecule has 1 saturated carbocycles. The number of thioether (sulfide) groups is 1. The van der Waals surface area contributed by atoms with Gasteiger partial charge in [0.1, 0.15) is 10.1 Å². The SMILES string of the molecule is O=C(O)CCNC(=O)C1CCC(N2C(=O)/C(=C/c3cc(-c4ccc(F)c(C(F)(F)F)c4)cs3)SC2=S)CC1. The number of rotatable bonds is 7. The maximum absolute atomic E-state index is 13.6. The minimum absolute atomic E-state index is 0.0721. The van der Waals surface area contributed by atoms with Crippen LogP contribution in [0.15, 0.2) is 34.6 Å². The molecule has 202 valence electrons. The number of hydrogen-bond donors (Lipinski definition) is 2. The van der Waals surface area contributed by atoms with E-state index in [4.69, 9.17) is 17.3 Å². The first kappa shape index (κ1) is 28.2. The fraction of sp³-hybridized carbons (Fsp3) is 0.360. The predicted molar refractivity (Wildman–Crippen MR) is 141 cm³/mol. The van der Waals surface area contributed by atoms with Gasteiger partial charge in [0, 0.05) is 23.4 Å². The molecule has 2 fully saturated rings. The quantitative estimate of drug-likeness (QED) is 0.238. The first-order valence-corrected chi connectivity index (χ1v) is 13.8. The number of halogens is 4. The van der Waals surface area contributed by atoms with E-state index in [9.17, 15) is 31.9 Å². The maximum atomic E-state index is 13.6. The number of aliphatic carboxylic acids is 1. The summed E-state index contributed by atoms with van der Waals surface area (Å²) in [6, 6.07) is 4.31. The van der Waals surface area contributed by atoms with Gasteiger partial charge in [-0.25, -0.2) is 4.39 Å². The van der Waals surface area contributed by atoms with E-state index in [2.05, 4.69) is 5.32 Å². The van der Waals surface area contributed by atoms with E-state index in [0.29, 0.717) is 45.3 Å². The molecule has 1 aliphatic carbocycles. The molecule has 0 atom stereocenters. The van der Waals surface area contributed by atoms with E-state index >= 15 is 0 Å². The van der Waals surface area contributed by atoms with Crippen molar-refractivity contribution in [2.24, 2.45) is 5.92 Å². The van der Waals surface area contributed by atoms with Crippen LogP contribution in [0.2, 0.25) is 0 Å². The van der Waals surface area contributed by atoms with Gasteiger partial charge in [-0.3, -0.25) is 19.3 Å². The second-order valence-electron chi connectivity index (χ2n) is 8.92. The molecule has 2 aliphatic rings. The predicted octanol–water partition coefficient (Wildman–Crippen LogP) is 5.92. The van der Waals surface area contributed by atoms with Crippen LogP contribution in [0.25, 0.3) is 17.2 Å². The maximum Gasteiger partial charge on any atom is 0.419 e. The average molecular weight is 587 g/mol. The van der Waals surface area contributed by atoms with Crippen molar-refractivity contribution in [1.82, 2.24) is 10.2 Å². The monoisotopic (exact) mass is 586 g/mol. The smallest absolute Gasteiger partial charge is 0.419 e. The third kappa shape index (κ3) is 6.44. The fourth-order valence-corrected chi connectivity index (χ4v) is 6.77. The van der Waals surface area contributed by atoms with Gasteiger partial charge in [0.05, 0.1) is 16.9 Å². The molecule has 1 aromatic carbocycles. The summed E-state index contributed by atoms with van der Waals surface area (Å²) in [6.07, 6.45) is -1.07. The fourth-order valence-electron chi connectivity index (χ4n) is 4.46. The summed E-state index contributed by atoms with van der Waals surface area (Å²) in [4.78, 5) is 38.7. The van der Waals surface area contributed by atoms with Crippen LogP contribution in [0.1, 0.15) is 42.5 Å². The molecule has 1 aliphatic heterocycles. The summed E-state index contributed by atoms with van der Waals surface area (Å²) in [6.45, 7) is 0.0721. The lowest BCUT2D eigenvalue weighted by Gasteiger charge is -2.33. The lowest BCUT2D eigenvalue weighted by atomic mass is 9.85. The summed E-state index contributed by atoms with van der Waals surface area (Å²) in [7, 11) is 0. The summed E-state index contributed by atoms with van der Waals surface area (Å²) in [5, 5.41) is 13.0. The normalized spacial score (nSPS) is 21.3. The Labute approximate surface area is 229 Å². The molecule has 0 bridgehead atoms. The number of alkyl halides is 3. The number of hydrogen-bond acceptors (Lipinski definition) is 6. The minimum atomic E-state index is -4.81. The lowest BCUT2D eigenvalue weighted by molar-refractivity contribution is -0.140. The number of carboxylic acids is 1. The van der Waals surface area contributed by atoms with Gasteiger partial charge in [0.2, 0.25) is 5.91 Å². The van der Waals surface area contributed by atoms with Crippen molar-refractivity contribution in [3.05, 3.63) is 50.8 Å². The second-order valence-corrected chi connectivity index (χ2v) is 11.5. The van der Waals surface area contributed by atoms with Crippen molar-refractivity contribution < 1.29 is 37.1 Å². The Bertz CT molecular complexity index is 1300. The molecule has 0 spiro atoms. The molecule has 13 heteroatoms. The topological polar surface area (TPSA) is 86.7 Å². The van der Waals surface area contributed by atoms with Gasteiger partial charge in [-0.2, -0.15) is 13.2 Å². The summed E-state index contributed by atoms with van der Waals surface area (Å²) in [5.41, 5.74) is -0.649. The Balaban J connectivity index is 1.40. The van der Waals surface area contributed by atoms with E-state index in [1.165, 1.54) is 17.4 Å². The Kier molecular flexibility index (Phi) is 8.58. The molecule has 2 aromatic rings. The first-order chi connectivity index (χ1) is 17.9. The molecule has 0 unspecified atom stereocenters. The van der Waals surface area contributed by atoms with Gasteiger partial charge in [0.15, 0.2) is 0 Å². The number of carboxylic acid groups (broad SMARTS) is 1. The van der Waals surface area contributed by atoms with Crippen LogP contribution in [-0.4, -0.2) is 44.7 Å². The minimum Gasteiger partial charge on any atom is -0.481 e. The van der Waals surface area contributed by atoms with Crippen LogP contribution in [0.5, 0.6) is 0 Å². The standard InChI is InChI=1S/C25H22F4N2O4S3/c26-19-6-3-14(10-18(19)25(27,28)29)15-9-17(37-12-15)11-20-23(35)31(24(36)38-20)16-4-1-13(2-5-16)22(34)30-8-7-21(32)33/h3,6,9-13,16H,1-2,4-5,7-8H2,(H,30,34)(H,32,33)/b20-11-. The number of nitrogens with zero attached hydrogens (tertiary/aromatic N) is 1. The Hall–Kier alpha value is -2.77. The van der Waals surface area contributed by atoms with Crippen LogP contribution < -0.4 is 5.32 Å². The zero-order valence-electron chi connectivity index (χ0n) is 19.7. The molecule has 1 aromatic heterocycles. The Morgan fingerprint density at radius 1 is 1.16 bits per heavy atom. The Morgan fingerprint density at radius 3 is 2.53 bits per heavy atom. The number of nitrogens with one attached hydrogen (secondary N) is 1. The zero-order valence-corrected chi connectivity index (χ0v) is 22.2. The van der Waals surface area contributed by atoms with Crippen molar-refractivity contribution in [2.45, 2.75) is 44.3 Å². The molecular weight excluding hydrogens is 564 g/mol. The zero-order chi connectivity index (χ0) is 27.6. The molecule has 2 amide bonds. The van der Waals surface area contributed by atoms with Gasteiger partial charge in [-0.1, -0.05) is 30.0 Å². The highest BCUT2D eigenvalue weighted by Crippen LogP contribution is 2.40. The third-order valence-electron chi connectivity index (χ3n) is 6.39. The number of benzene rings is 1. The van der Waals surface area contributed by atoms with Crippen molar-refractivity contribution in [3.8, 4) is 11.1 Å². The van der Waals surface area contributed by atoms with Gasteiger partial charge in [-0.05, 0) is 66.5 Å². The van der Waals surface area contributed by atoms with E-state index in [0.717, 1.165) is 23.9 Å². The molecular formula is C25H22F4N2O4S3. The van der Waals surface area contributed by atoms with Crippen molar-refractivity contribution in [3.63, 3.8) is 0 Å². The second kappa shape index (κ2) is 11.5. The van der Waals surface area contributed by atoms with Gasteiger partial charge in [-0.15, -0.1) is 11.3 Å². The average Bonchev–Trinajstić information content (AvgIpc) is 3.42. The van der Waals surface area contributed by atoms with Crippen molar-refractivity contribution in [2.75, 3.05) is 6.54 Å². The van der Waals surface area contributed by atoms with Crippen molar-refractivity contribution >= 4 is 63.5 Å². The summed E-state index contributed by atoms with van der Waals surface area (Å²) < 4.78 is 53.3. The molecule has 2 N–H and O–H groups in total. The number of thiophene rings is 1. The van der Waals surface area contributed by atoms with Crippen LogP contribution in [0.3, 0.4) is 0 Å². The first-order valence-electron chi connectivity index (χ1n) is 11.7. The van der Waals surface area contributed by atoms with Gasteiger partial charge < -0.3 is 10.4 Å². The Morgan fingerprint density at radius 2 is 1.87 bits per heavy atom. The van der Waals surface area contributed by atoms with Crippen molar-refractivity contribution in [1.29, 1.82) is 0 Å². The molecule has 38 heavy (non-hydrogen) atoms. The highest BCUT2D eigenvalue weighted by Gasteiger charge is 2.39. The highest BCUT2D eigenvalue weighted by atomic mass is 32.2. The van der Waals surface area contributed by atoms with E-state index in [1.54, 1.807) is 22.4 Å². The van der Waals surface area contributed by atoms with Gasteiger partial charge >= 0.3 is 12.1 Å². The van der Waals surface area contributed by atoms with E-state index in [1.807, 2.05) is 0 Å². The number of carbonyl (C=O) groups excluding carboxylic acids is 2. The van der Waals surface area contributed by atoms with Crippen LogP contribution in [0, 0.1) is 11.7 Å². The summed E-state index contributed by atoms with van der Waals surface area (Å²) >= 11 is 7.84. The molecule has 2 heterocycles. The van der Waals surface area contributed by atoms with Gasteiger partial charge in [0.25, 0.3) is 5.91 Å². The third-order valence-corrected chi connectivity index (χ3v) is 8.60. The van der Waals surface area contributed by atoms with Crippen LogP contribution >= 0.6 is 35.3 Å². The number of amides is 2. The highest BCUT2D eigenvalue weighted by molar-refractivity contribution is 8.26. The van der Waals surface area contributed by atoms with E-state index in [-0.39, 0.29) is 42.3 Å². The summed E-state index contributed by atoms with van der Waals surface area (Å²) in [5.74, 6) is -3.02.